The van der Waals surface area contributed by atoms with Crippen molar-refractivity contribution >= 4 is 0 Å². The number of hydrogen-bond donors (Lipinski definition) is 0. The average Bonchev–Trinajstić information content (AvgIpc) is 2.15. The fourth-order valence-corrected chi connectivity index (χ4v) is 2.76. The predicted octanol–water partition coefficient (Wildman–Crippen LogP) is 5.91. The van der Waals surface area contributed by atoms with Gasteiger partial charge in [-0.1, -0.05) is 61.3 Å². The van der Waals surface area contributed by atoms with Gasteiger partial charge in [-0.25, -0.2) is 0 Å². The summed E-state index contributed by atoms with van der Waals surface area (Å²) >= 11 is 0. The van der Waals surface area contributed by atoms with Gasteiger partial charge in [0.25, 0.3) is 0 Å². The molecule has 2 unspecified atom stereocenters. The van der Waals surface area contributed by atoms with E-state index in [2.05, 4.69) is 48.5 Å². The summed E-state index contributed by atoms with van der Waals surface area (Å²) in [6.45, 7) is 16.7. The molecule has 0 fully saturated rings. The summed E-state index contributed by atoms with van der Waals surface area (Å²) in [5.41, 5.74) is 0.539. The van der Waals surface area contributed by atoms with Gasteiger partial charge < -0.3 is 0 Å². The Morgan fingerprint density at radius 1 is 1.00 bits per heavy atom. The molecule has 0 aliphatic carbocycles. The minimum Gasteiger partial charge on any atom is -0.0654 e. The smallest absolute Gasteiger partial charge is 0.0352 e. The van der Waals surface area contributed by atoms with Gasteiger partial charge in [-0.05, 0) is 42.4 Å². The lowest BCUT2D eigenvalue weighted by molar-refractivity contribution is 0.182. The van der Waals surface area contributed by atoms with Gasteiger partial charge in [-0.2, -0.15) is 0 Å². The highest BCUT2D eigenvalue weighted by molar-refractivity contribution is 4.76. The minimum atomic E-state index is 0.539. The molecular weight excluding hydrogens is 192 g/mol. The largest absolute Gasteiger partial charge is 0.0654 e. The molecule has 0 spiro atoms. The molecule has 0 saturated carbocycles. The average molecular weight is 226 g/mol. The Labute approximate surface area is 104 Å². The highest BCUT2D eigenvalue weighted by Gasteiger charge is 2.25. The van der Waals surface area contributed by atoms with Crippen molar-refractivity contribution in [3.63, 3.8) is 0 Å². The molecule has 16 heavy (non-hydrogen) atoms. The second-order valence-electron chi connectivity index (χ2n) is 6.87. The van der Waals surface area contributed by atoms with Crippen LogP contribution in [-0.2, 0) is 0 Å². The first-order valence-corrected chi connectivity index (χ1v) is 7.32. The lowest BCUT2D eigenvalue weighted by Gasteiger charge is -2.33. The van der Waals surface area contributed by atoms with Crippen LogP contribution >= 0.6 is 0 Å². The molecule has 0 aromatic heterocycles. The third kappa shape index (κ3) is 6.55. The first kappa shape index (κ1) is 16.0. The van der Waals surface area contributed by atoms with Crippen molar-refractivity contribution in [2.45, 2.75) is 80.6 Å². The standard InChI is InChI=1S/C16H34/c1-8-10-16(6,7)12-15(13(3)4)11-14(5)9-2/h13-15H,8-12H2,1-7H3. The van der Waals surface area contributed by atoms with Crippen LogP contribution in [-0.4, -0.2) is 0 Å². The Balaban J connectivity index is 4.32. The van der Waals surface area contributed by atoms with Gasteiger partial charge in [0.2, 0.25) is 0 Å². The van der Waals surface area contributed by atoms with E-state index in [4.69, 9.17) is 0 Å². The highest BCUT2D eigenvalue weighted by Crippen LogP contribution is 2.36. The SMILES string of the molecule is CCCC(C)(C)CC(CC(C)CC)C(C)C. The summed E-state index contributed by atoms with van der Waals surface area (Å²) in [4.78, 5) is 0. The number of hydrogen-bond acceptors (Lipinski definition) is 0. The van der Waals surface area contributed by atoms with Crippen molar-refractivity contribution in [3.8, 4) is 0 Å². The van der Waals surface area contributed by atoms with Crippen molar-refractivity contribution in [1.29, 1.82) is 0 Å². The molecule has 0 radical (unpaired) electrons. The van der Waals surface area contributed by atoms with E-state index >= 15 is 0 Å². The molecule has 0 saturated heterocycles. The first-order chi connectivity index (χ1) is 7.32. The summed E-state index contributed by atoms with van der Waals surface area (Å²) in [6, 6.07) is 0. The minimum absolute atomic E-state index is 0.539. The quantitative estimate of drug-likeness (QED) is 0.482. The second kappa shape index (κ2) is 7.35. The fourth-order valence-electron chi connectivity index (χ4n) is 2.76. The normalized spacial score (nSPS) is 16.5. The highest BCUT2D eigenvalue weighted by atomic mass is 14.3. The molecular formula is C16H34. The molecule has 0 rings (SSSR count). The van der Waals surface area contributed by atoms with Gasteiger partial charge in [0.05, 0.1) is 0 Å². The molecule has 0 nitrogen and oxygen atoms in total. The van der Waals surface area contributed by atoms with Crippen LogP contribution in [0.25, 0.3) is 0 Å². The van der Waals surface area contributed by atoms with E-state index in [1.54, 1.807) is 0 Å². The van der Waals surface area contributed by atoms with E-state index in [-0.39, 0.29) is 0 Å². The van der Waals surface area contributed by atoms with Crippen molar-refractivity contribution in [2.75, 3.05) is 0 Å². The van der Waals surface area contributed by atoms with Gasteiger partial charge in [0, 0.05) is 0 Å². The van der Waals surface area contributed by atoms with E-state index in [0.29, 0.717) is 5.41 Å². The molecule has 0 aromatic rings. The zero-order valence-corrected chi connectivity index (χ0v) is 12.8. The third-order valence-electron chi connectivity index (χ3n) is 4.09. The molecule has 98 valence electrons. The maximum atomic E-state index is 2.45. The monoisotopic (exact) mass is 226 g/mol. The van der Waals surface area contributed by atoms with Gasteiger partial charge in [0.1, 0.15) is 0 Å². The predicted molar refractivity (Wildman–Crippen MR) is 75.7 cm³/mol. The van der Waals surface area contributed by atoms with Gasteiger partial charge in [-0.3, -0.25) is 0 Å². The Hall–Kier alpha value is 0. The zero-order chi connectivity index (χ0) is 12.8. The molecule has 0 aliphatic heterocycles. The first-order valence-electron chi connectivity index (χ1n) is 7.32. The molecule has 0 bridgehead atoms. The third-order valence-corrected chi connectivity index (χ3v) is 4.09. The molecule has 0 heteroatoms. The van der Waals surface area contributed by atoms with Crippen LogP contribution in [0.4, 0.5) is 0 Å². The van der Waals surface area contributed by atoms with E-state index < -0.39 is 0 Å². The summed E-state index contributed by atoms with van der Waals surface area (Å²) in [6.07, 6.45) is 6.85. The molecule has 2 atom stereocenters. The number of rotatable bonds is 8. The van der Waals surface area contributed by atoms with Crippen molar-refractivity contribution in [1.82, 2.24) is 0 Å². The van der Waals surface area contributed by atoms with E-state index in [0.717, 1.165) is 17.8 Å². The Bertz CT molecular complexity index is 167. The van der Waals surface area contributed by atoms with E-state index in [9.17, 15) is 0 Å². The van der Waals surface area contributed by atoms with Crippen LogP contribution in [0.2, 0.25) is 0 Å². The topological polar surface area (TPSA) is 0 Å². The summed E-state index contributed by atoms with van der Waals surface area (Å²) in [7, 11) is 0. The van der Waals surface area contributed by atoms with Crippen LogP contribution in [0.1, 0.15) is 80.6 Å². The van der Waals surface area contributed by atoms with Crippen LogP contribution in [0, 0.1) is 23.2 Å². The Kier molecular flexibility index (Phi) is 7.35. The summed E-state index contributed by atoms with van der Waals surface area (Å²) < 4.78 is 0. The molecule has 0 aliphatic rings. The molecule has 0 amide bonds. The fraction of sp³-hybridized carbons (Fsp3) is 1.00. The Morgan fingerprint density at radius 3 is 1.94 bits per heavy atom. The van der Waals surface area contributed by atoms with Crippen LogP contribution in [0.15, 0.2) is 0 Å². The Morgan fingerprint density at radius 2 is 1.56 bits per heavy atom. The van der Waals surface area contributed by atoms with Gasteiger partial charge in [0.15, 0.2) is 0 Å². The van der Waals surface area contributed by atoms with Crippen molar-refractivity contribution < 1.29 is 0 Å². The maximum absolute atomic E-state index is 2.45. The molecule has 0 heterocycles. The van der Waals surface area contributed by atoms with E-state index in [1.165, 1.54) is 32.1 Å². The van der Waals surface area contributed by atoms with Gasteiger partial charge in [-0.15, -0.1) is 0 Å². The van der Waals surface area contributed by atoms with Crippen molar-refractivity contribution in [2.24, 2.45) is 23.2 Å². The van der Waals surface area contributed by atoms with Crippen molar-refractivity contribution in [3.05, 3.63) is 0 Å². The summed E-state index contributed by atoms with van der Waals surface area (Å²) in [5.74, 6) is 2.64. The summed E-state index contributed by atoms with van der Waals surface area (Å²) in [5, 5.41) is 0. The van der Waals surface area contributed by atoms with Crippen LogP contribution in [0.5, 0.6) is 0 Å². The maximum Gasteiger partial charge on any atom is -0.0352 e. The van der Waals surface area contributed by atoms with Gasteiger partial charge >= 0.3 is 0 Å². The zero-order valence-electron chi connectivity index (χ0n) is 12.8. The molecule has 0 aromatic carbocycles. The van der Waals surface area contributed by atoms with Crippen LogP contribution < -0.4 is 0 Å². The lowest BCUT2D eigenvalue weighted by atomic mass is 9.73. The second-order valence-corrected chi connectivity index (χ2v) is 6.87. The molecule has 0 N–H and O–H groups in total. The van der Waals surface area contributed by atoms with Crippen LogP contribution in [0.3, 0.4) is 0 Å². The lowest BCUT2D eigenvalue weighted by Crippen LogP contribution is -2.22. The van der Waals surface area contributed by atoms with E-state index in [1.807, 2.05) is 0 Å².